The van der Waals surface area contributed by atoms with Gasteiger partial charge in [0.2, 0.25) is 0 Å². The number of hydrogen-bond donors (Lipinski definition) is 1. The normalized spacial score (nSPS) is 21.4. The number of aliphatic carboxylic acids is 1. The van der Waals surface area contributed by atoms with Crippen LogP contribution in [-0.4, -0.2) is 53.1 Å². The van der Waals surface area contributed by atoms with E-state index in [-0.39, 0.29) is 5.92 Å². The van der Waals surface area contributed by atoms with Crippen LogP contribution in [0.4, 0.5) is 0 Å². The molecule has 0 atom stereocenters. The summed E-state index contributed by atoms with van der Waals surface area (Å²) < 4.78 is 13.0. The highest BCUT2D eigenvalue weighted by Gasteiger charge is 2.52. The highest BCUT2D eigenvalue weighted by molar-refractivity contribution is 6.62. The third-order valence-corrected chi connectivity index (χ3v) is 9.84. The molecule has 1 aliphatic carbocycles. The molecule has 2 aliphatic heterocycles. The van der Waals surface area contributed by atoms with E-state index in [9.17, 15) is 4.79 Å². The summed E-state index contributed by atoms with van der Waals surface area (Å²) in [5, 5.41) is 13.6. The van der Waals surface area contributed by atoms with Crippen LogP contribution in [-0.2, 0) is 38.5 Å². The first-order chi connectivity index (χ1) is 20.0. The topological polar surface area (TPSA) is 80.6 Å². The van der Waals surface area contributed by atoms with Crippen LogP contribution in [0.25, 0.3) is 0 Å². The molecule has 0 aromatic heterocycles. The molecular formula is C34H47BN2O5. The molecule has 8 heteroatoms. The molecule has 2 heterocycles. The summed E-state index contributed by atoms with van der Waals surface area (Å²) in [6.45, 7) is 14.9. The predicted molar refractivity (Wildman–Crippen MR) is 167 cm³/mol. The molecular weight excluding hydrogens is 527 g/mol. The van der Waals surface area contributed by atoms with Gasteiger partial charge in [0.05, 0.1) is 22.8 Å². The van der Waals surface area contributed by atoms with Crippen molar-refractivity contribution in [3.8, 4) is 0 Å². The zero-order valence-electron chi connectivity index (χ0n) is 26.2. The van der Waals surface area contributed by atoms with Crippen LogP contribution in [0.2, 0.25) is 0 Å². The number of hydrogen-bond acceptors (Lipinski definition) is 6. The van der Waals surface area contributed by atoms with Gasteiger partial charge in [-0.25, -0.2) is 0 Å². The number of likely N-dealkylation sites (tertiary alicyclic amines) is 1. The zero-order valence-corrected chi connectivity index (χ0v) is 26.2. The molecule has 226 valence electrons. The van der Waals surface area contributed by atoms with E-state index < -0.39 is 24.3 Å². The maximum absolute atomic E-state index is 11.1. The van der Waals surface area contributed by atoms with Gasteiger partial charge in [0.25, 0.3) is 0 Å². The number of carboxylic acid groups (broad SMARTS) is 1. The lowest BCUT2D eigenvalue weighted by atomic mass is 9.70. The molecule has 42 heavy (non-hydrogen) atoms. The maximum atomic E-state index is 11.1. The van der Waals surface area contributed by atoms with Gasteiger partial charge in [-0.2, -0.15) is 0 Å². The Morgan fingerprint density at radius 2 is 1.71 bits per heavy atom. The number of aryl methyl sites for hydroxylation is 1. The van der Waals surface area contributed by atoms with Gasteiger partial charge in [0.1, 0.15) is 6.61 Å². The lowest BCUT2D eigenvalue weighted by molar-refractivity contribution is -0.147. The van der Waals surface area contributed by atoms with Crippen LogP contribution in [0.3, 0.4) is 0 Å². The highest BCUT2D eigenvalue weighted by atomic mass is 16.7. The van der Waals surface area contributed by atoms with Crippen LogP contribution in [0.1, 0.15) is 107 Å². The van der Waals surface area contributed by atoms with Crippen molar-refractivity contribution in [2.75, 3.05) is 13.1 Å². The van der Waals surface area contributed by atoms with E-state index in [2.05, 4.69) is 81.1 Å². The lowest BCUT2D eigenvalue weighted by Gasteiger charge is -2.37. The van der Waals surface area contributed by atoms with Crippen molar-refractivity contribution in [2.24, 2.45) is 11.1 Å². The fourth-order valence-electron chi connectivity index (χ4n) is 6.36. The van der Waals surface area contributed by atoms with Crippen LogP contribution in [0, 0.1) is 5.92 Å². The van der Waals surface area contributed by atoms with E-state index in [1.807, 2.05) is 6.92 Å². The third kappa shape index (κ3) is 6.61. The Kier molecular flexibility index (Phi) is 9.17. The molecule has 3 aliphatic rings. The molecule has 0 spiro atoms. The van der Waals surface area contributed by atoms with E-state index in [1.165, 1.54) is 48.8 Å². The summed E-state index contributed by atoms with van der Waals surface area (Å²) in [5.41, 5.74) is 7.11. The monoisotopic (exact) mass is 574 g/mol. The van der Waals surface area contributed by atoms with Gasteiger partial charge in [-0.3, -0.25) is 9.69 Å². The number of nitrogens with zero attached hydrogens (tertiary/aromatic N) is 2. The van der Waals surface area contributed by atoms with E-state index in [0.29, 0.717) is 25.6 Å². The average molecular weight is 575 g/mol. The van der Waals surface area contributed by atoms with Crippen LogP contribution < -0.4 is 5.46 Å². The second kappa shape index (κ2) is 12.5. The van der Waals surface area contributed by atoms with Gasteiger partial charge in [-0.05, 0) is 99.1 Å². The first-order valence-corrected chi connectivity index (χ1v) is 15.7. The number of oxime groups is 1. The summed E-state index contributed by atoms with van der Waals surface area (Å²) in [6.07, 6.45) is 7.20. The Hall–Kier alpha value is -2.68. The van der Waals surface area contributed by atoms with Gasteiger partial charge in [-0.1, -0.05) is 61.7 Å². The fraction of sp³-hybridized carbons (Fsp3) is 0.588. The molecule has 3 fully saturated rings. The average Bonchev–Trinajstić information content (AvgIpc) is 3.16. The molecule has 0 bridgehead atoms. The Labute approximate surface area is 251 Å². The maximum Gasteiger partial charge on any atom is 0.495 e. The van der Waals surface area contributed by atoms with Gasteiger partial charge in [0.15, 0.2) is 0 Å². The Balaban J connectivity index is 1.27. The predicted octanol–water partition coefficient (Wildman–Crippen LogP) is 6.05. The van der Waals surface area contributed by atoms with Crippen molar-refractivity contribution in [3.05, 3.63) is 64.2 Å². The standard InChI is InChI=1S/C34H47BN2O5/c1-7-25-18-27(14-15-28(25)19-37-20-29(21-37)32(38)39)23(2)36-40-22-24-13-16-30(26-11-9-8-10-12-26)31(17-24)35-41-33(3,4)34(5,6)42-35/h13-18,26,29H,7-12,19-22H2,1-6H3,(H,38,39). The van der Waals surface area contributed by atoms with Crippen molar-refractivity contribution in [1.82, 2.24) is 4.90 Å². The molecule has 0 radical (unpaired) electrons. The van der Waals surface area contributed by atoms with E-state index in [0.717, 1.165) is 35.3 Å². The molecule has 0 amide bonds. The SMILES string of the molecule is CCc1cc(C(C)=NOCc2ccc(C3CCCCC3)c(B3OC(C)(C)C(C)(C)O3)c2)ccc1CN1CC(C(=O)O)C1. The third-order valence-electron chi connectivity index (χ3n) is 9.84. The second-order valence-corrected chi connectivity index (χ2v) is 13.4. The fourth-order valence-corrected chi connectivity index (χ4v) is 6.36. The first kappa shape index (κ1) is 30.8. The van der Waals surface area contributed by atoms with Gasteiger partial charge in [0, 0.05) is 19.6 Å². The molecule has 1 N–H and O–H groups in total. The number of carbonyl (C=O) groups is 1. The van der Waals surface area contributed by atoms with Crippen molar-refractivity contribution in [2.45, 2.75) is 110 Å². The molecule has 2 aromatic carbocycles. The second-order valence-electron chi connectivity index (χ2n) is 13.4. The van der Waals surface area contributed by atoms with Gasteiger partial charge in [-0.15, -0.1) is 0 Å². The molecule has 2 aromatic rings. The lowest BCUT2D eigenvalue weighted by Crippen LogP contribution is -2.49. The minimum Gasteiger partial charge on any atom is -0.481 e. The highest BCUT2D eigenvalue weighted by Crippen LogP contribution is 2.38. The summed E-state index contributed by atoms with van der Waals surface area (Å²) in [6, 6.07) is 13.0. The quantitative estimate of drug-likeness (QED) is 0.211. The largest absolute Gasteiger partial charge is 0.495 e. The van der Waals surface area contributed by atoms with Crippen LogP contribution in [0.5, 0.6) is 0 Å². The Morgan fingerprint density at radius 3 is 2.36 bits per heavy atom. The Morgan fingerprint density at radius 1 is 1.02 bits per heavy atom. The smallest absolute Gasteiger partial charge is 0.481 e. The number of carboxylic acids is 1. The Bertz CT molecular complexity index is 1300. The first-order valence-electron chi connectivity index (χ1n) is 15.7. The summed E-state index contributed by atoms with van der Waals surface area (Å²) in [4.78, 5) is 19.2. The summed E-state index contributed by atoms with van der Waals surface area (Å²) in [5.74, 6) is -0.399. The summed E-state index contributed by atoms with van der Waals surface area (Å²) in [7, 11) is -0.394. The van der Waals surface area contributed by atoms with Crippen LogP contribution in [0.15, 0.2) is 41.6 Å². The van der Waals surface area contributed by atoms with Gasteiger partial charge < -0.3 is 19.3 Å². The van der Waals surface area contributed by atoms with E-state index in [1.54, 1.807) is 0 Å². The zero-order chi connectivity index (χ0) is 30.1. The van der Waals surface area contributed by atoms with Crippen molar-refractivity contribution in [1.29, 1.82) is 0 Å². The minimum absolute atomic E-state index is 0.239. The number of rotatable bonds is 10. The number of benzene rings is 2. The van der Waals surface area contributed by atoms with Crippen molar-refractivity contribution in [3.63, 3.8) is 0 Å². The molecule has 1 saturated carbocycles. The van der Waals surface area contributed by atoms with E-state index >= 15 is 0 Å². The van der Waals surface area contributed by atoms with Gasteiger partial charge >= 0.3 is 13.1 Å². The molecule has 5 rings (SSSR count). The van der Waals surface area contributed by atoms with Crippen molar-refractivity contribution < 1.29 is 24.0 Å². The molecule has 0 unspecified atom stereocenters. The van der Waals surface area contributed by atoms with E-state index in [4.69, 9.17) is 19.3 Å². The molecule has 7 nitrogen and oxygen atoms in total. The summed E-state index contributed by atoms with van der Waals surface area (Å²) >= 11 is 0. The minimum atomic E-state index is -0.700. The van der Waals surface area contributed by atoms with Crippen molar-refractivity contribution >= 4 is 24.3 Å². The molecule has 2 saturated heterocycles. The van der Waals surface area contributed by atoms with Crippen LogP contribution >= 0.6 is 0 Å².